The first-order chi connectivity index (χ1) is 6.88. The van der Waals surface area contributed by atoms with Gasteiger partial charge in [0, 0.05) is 0 Å². The number of alkyl halides is 3. The van der Waals surface area contributed by atoms with Gasteiger partial charge >= 0.3 is 6.18 Å². The summed E-state index contributed by atoms with van der Waals surface area (Å²) in [5.74, 6) is 1.99. The smallest absolute Gasteiger partial charge is 0.376 e. The minimum atomic E-state index is -4.42. The predicted octanol–water partition coefficient (Wildman–Crippen LogP) is 2.68. The summed E-state index contributed by atoms with van der Waals surface area (Å²) in [6, 6.07) is 3.57. The number of rotatable bonds is 1. The molecule has 1 aromatic carbocycles. The Hall–Kier alpha value is -1.47. The Bertz CT molecular complexity index is 401. The third kappa shape index (κ3) is 2.31. The number of benzene rings is 1. The number of aliphatic hydroxyl groups is 1. The fourth-order valence-electron chi connectivity index (χ4n) is 1.35. The molecular formula is C11H9F3O. The zero-order chi connectivity index (χ0) is 11.6. The molecule has 0 saturated carbocycles. The molecule has 1 rings (SSSR count). The summed E-state index contributed by atoms with van der Waals surface area (Å²) in [5, 5.41) is 9.30. The summed E-state index contributed by atoms with van der Waals surface area (Å²) in [4.78, 5) is 0. The summed E-state index contributed by atoms with van der Waals surface area (Å²) < 4.78 is 37.4. The van der Waals surface area contributed by atoms with Gasteiger partial charge in [-0.3, -0.25) is 0 Å². The van der Waals surface area contributed by atoms with Gasteiger partial charge in [0.25, 0.3) is 0 Å². The van der Waals surface area contributed by atoms with Crippen LogP contribution in [0.3, 0.4) is 0 Å². The van der Waals surface area contributed by atoms with Crippen molar-refractivity contribution in [2.45, 2.75) is 19.2 Å². The quantitative estimate of drug-likeness (QED) is 0.712. The molecule has 0 saturated heterocycles. The maximum atomic E-state index is 12.5. The van der Waals surface area contributed by atoms with Gasteiger partial charge in [0.1, 0.15) is 6.10 Å². The summed E-state index contributed by atoms with van der Waals surface area (Å²) in [7, 11) is 0. The van der Waals surface area contributed by atoms with Gasteiger partial charge in [-0.25, -0.2) is 0 Å². The van der Waals surface area contributed by atoms with Crippen LogP contribution in [-0.2, 0) is 6.18 Å². The maximum absolute atomic E-state index is 12.5. The SMILES string of the molecule is C#CC(O)c1cccc(C(F)(F)F)c1C. The number of terminal acetylenes is 1. The van der Waals surface area contributed by atoms with Crippen molar-refractivity contribution < 1.29 is 18.3 Å². The van der Waals surface area contributed by atoms with Crippen molar-refractivity contribution in [2.75, 3.05) is 0 Å². The van der Waals surface area contributed by atoms with Crippen LogP contribution in [0.2, 0.25) is 0 Å². The monoisotopic (exact) mass is 214 g/mol. The van der Waals surface area contributed by atoms with E-state index >= 15 is 0 Å². The fraction of sp³-hybridized carbons (Fsp3) is 0.273. The summed E-state index contributed by atoms with van der Waals surface area (Å²) in [6.07, 6.45) is -0.770. The lowest BCUT2D eigenvalue weighted by Gasteiger charge is -2.14. The van der Waals surface area contributed by atoms with Gasteiger partial charge in [-0.15, -0.1) is 6.42 Å². The van der Waals surface area contributed by atoms with E-state index in [1.54, 1.807) is 0 Å². The average molecular weight is 214 g/mol. The van der Waals surface area contributed by atoms with Crippen molar-refractivity contribution in [3.05, 3.63) is 34.9 Å². The molecule has 15 heavy (non-hydrogen) atoms. The van der Waals surface area contributed by atoms with Crippen molar-refractivity contribution >= 4 is 0 Å². The van der Waals surface area contributed by atoms with Gasteiger partial charge in [0.15, 0.2) is 0 Å². The number of halogens is 3. The summed E-state index contributed by atoms with van der Waals surface area (Å²) >= 11 is 0. The lowest BCUT2D eigenvalue weighted by atomic mass is 9.98. The van der Waals surface area contributed by atoms with Gasteiger partial charge < -0.3 is 5.11 Å². The molecule has 0 heterocycles. The van der Waals surface area contributed by atoms with E-state index in [0.29, 0.717) is 0 Å². The Morgan fingerprint density at radius 2 is 2.00 bits per heavy atom. The van der Waals surface area contributed by atoms with E-state index in [0.717, 1.165) is 6.07 Å². The number of aliphatic hydroxyl groups excluding tert-OH is 1. The van der Waals surface area contributed by atoms with Crippen LogP contribution in [0.4, 0.5) is 13.2 Å². The zero-order valence-corrected chi connectivity index (χ0v) is 7.97. The van der Waals surface area contributed by atoms with E-state index in [1.165, 1.54) is 19.1 Å². The molecule has 0 aromatic heterocycles. The molecule has 4 heteroatoms. The largest absolute Gasteiger partial charge is 0.416 e. The van der Waals surface area contributed by atoms with Crippen LogP contribution in [0.15, 0.2) is 18.2 Å². The molecule has 0 fully saturated rings. The molecule has 80 valence electrons. The molecule has 1 N–H and O–H groups in total. The van der Waals surface area contributed by atoms with Crippen LogP contribution in [0.5, 0.6) is 0 Å². The standard InChI is InChI=1S/C11H9F3O/c1-3-10(15)8-5-4-6-9(7(8)2)11(12,13)14/h1,4-6,10,15H,2H3. The maximum Gasteiger partial charge on any atom is 0.416 e. The van der Waals surface area contributed by atoms with Gasteiger partial charge in [0.2, 0.25) is 0 Å². The van der Waals surface area contributed by atoms with E-state index in [-0.39, 0.29) is 11.1 Å². The lowest BCUT2D eigenvalue weighted by Crippen LogP contribution is -2.10. The van der Waals surface area contributed by atoms with E-state index in [2.05, 4.69) is 0 Å². The van der Waals surface area contributed by atoms with Crippen molar-refractivity contribution in [3.63, 3.8) is 0 Å². The summed E-state index contributed by atoms with van der Waals surface area (Å²) in [5.41, 5.74) is -0.683. The highest BCUT2D eigenvalue weighted by molar-refractivity contribution is 5.39. The van der Waals surface area contributed by atoms with Crippen molar-refractivity contribution in [2.24, 2.45) is 0 Å². The van der Waals surface area contributed by atoms with Crippen molar-refractivity contribution in [3.8, 4) is 12.3 Å². The molecule has 1 aromatic rings. The van der Waals surface area contributed by atoms with E-state index in [4.69, 9.17) is 6.42 Å². The Morgan fingerprint density at radius 3 is 2.47 bits per heavy atom. The number of hydrogen-bond donors (Lipinski definition) is 1. The van der Waals surface area contributed by atoms with Crippen LogP contribution in [0.25, 0.3) is 0 Å². The molecule has 1 unspecified atom stereocenters. The molecule has 0 aliphatic carbocycles. The fourth-order valence-corrected chi connectivity index (χ4v) is 1.35. The third-order valence-electron chi connectivity index (χ3n) is 2.13. The first kappa shape index (κ1) is 11.6. The molecule has 1 atom stereocenters. The van der Waals surface area contributed by atoms with Crippen molar-refractivity contribution in [1.29, 1.82) is 0 Å². The Labute approximate surface area is 85.5 Å². The average Bonchev–Trinajstić information content (AvgIpc) is 2.15. The van der Waals surface area contributed by atoms with Crippen LogP contribution >= 0.6 is 0 Å². The second-order valence-electron chi connectivity index (χ2n) is 3.09. The van der Waals surface area contributed by atoms with Gasteiger partial charge in [0.05, 0.1) is 5.56 Å². The minimum absolute atomic E-state index is 0.0320. The van der Waals surface area contributed by atoms with E-state index in [9.17, 15) is 18.3 Å². The predicted molar refractivity (Wildman–Crippen MR) is 50.0 cm³/mol. The van der Waals surface area contributed by atoms with Crippen LogP contribution in [0, 0.1) is 19.3 Å². The molecule has 0 spiro atoms. The zero-order valence-electron chi connectivity index (χ0n) is 7.97. The van der Waals surface area contributed by atoms with Crippen molar-refractivity contribution in [1.82, 2.24) is 0 Å². The Kier molecular flexibility index (Phi) is 3.06. The molecule has 0 radical (unpaired) electrons. The highest BCUT2D eigenvalue weighted by Crippen LogP contribution is 2.34. The first-order valence-electron chi connectivity index (χ1n) is 4.19. The minimum Gasteiger partial charge on any atom is -0.376 e. The second kappa shape index (κ2) is 3.95. The first-order valence-corrected chi connectivity index (χ1v) is 4.19. The van der Waals surface area contributed by atoms with Crippen LogP contribution in [-0.4, -0.2) is 5.11 Å². The van der Waals surface area contributed by atoms with Crippen LogP contribution < -0.4 is 0 Å². The highest BCUT2D eigenvalue weighted by atomic mass is 19.4. The van der Waals surface area contributed by atoms with Gasteiger partial charge in [-0.05, 0) is 24.1 Å². The molecule has 0 amide bonds. The van der Waals surface area contributed by atoms with Crippen LogP contribution in [0.1, 0.15) is 22.8 Å². The molecular weight excluding hydrogens is 205 g/mol. The third-order valence-corrected chi connectivity index (χ3v) is 2.13. The normalized spacial score (nSPS) is 13.3. The van der Waals surface area contributed by atoms with E-state index in [1.807, 2.05) is 5.92 Å². The Balaban J connectivity index is 3.31. The lowest BCUT2D eigenvalue weighted by molar-refractivity contribution is -0.138. The topological polar surface area (TPSA) is 20.2 Å². The molecule has 1 nitrogen and oxygen atoms in total. The highest BCUT2D eigenvalue weighted by Gasteiger charge is 2.33. The van der Waals surface area contributed by atoms with E-state index < -0.39 is 17.8 Å². The Morgan fingerprint density at radius 1 is 1.40 bits per heavy atom. The van der Waals surface area contributed by atoms with Gasteiger partial charge in [-0.1, -0.05) is 18.1 Å². The number of hydrogen-bond acceptors (Lipinski definition) is 1. The summed E-state index contributed by atoms with van der Waals surface area (Å²) in [6.45, 7) is 1.29. The molecule has 0 aliphatic heterocycles. The second-order valence-corrected chi connectivity index (χ2v) is 3.09. The molecule has 0 bridgehead atoms. The van der Waals surface area contributed by atoms with Gasteiger partial charge in [-0.2, -0.15) is 13.2 Å². The molecule has 0 aliphatic rings.